The third kappa shape index (κ3) is 4.37. The Hall–Kier alpha value is -1.32. The van der Waals surface area contributed by atoms with Gasteiger partial charge in [0.25, 0.3) is 0 Å². The van der Waals surface area contributed by atoms with Gasteiger partial charge in [0.05, 0.1) is 0 Å². The fourth-order valence-electron chi connectivity index (χ4n) is 1.89. The van der Waals surface area contributed by atoms with Crippen molar-refractivity contribution in [3.63, 3.8) is 0 Å². The molecule has 4 nitrogen and oxygen atoms in total. The van der Waals surface area contributed by atoms with E-state index in [2.05, 4.69) is 49.8 Å². The van der Waals surface area contributed by atoms with Crippen LogP contribution in [0.2, 0.25) is 0 Å². The molecule has 0 bridgehead atoms. The maximum atomic E-state index is 4.71. The average molecular weight is 264 g/mol. The Morgan fingerprint density at radius 3 is 2.37 bits per heavy atom. The van der Waals surface area contributed by atoms with Crippen LogP contribution in [0.25, 0.3) is 0 Å². The van der Waals surface area contributed by atoms with Gasteiger partial charge in [-0.2, -0.15) is 0 Å². The smallest absolute Gasteiger partial charge is 0.135 e. The quantitative estimate of drug-likeness (QED) is 0.818. The normalized spacial score (nSPS) is 12.6. The number of hydrogen-bond acceptors (Lipinski definition) is 4. The molecule has 1 aromatic heterocycles. The molecule has 1 aromatic rings. The molecule has 0 fully saturated rings. The summed E-state index contributed by atoms with van der Waals surface area (Å²) in [5.41, 5.74) is 0. The minimum absolute atomic E-state index is 0.342. The lowest BCUT2D eigenvalue weighted by Gasteiger charge is -2.26. The lowest BCUT2D eigenvalue weighted by molar-refractivity contribution is 0.544. The molecule has 0 radical (unpaired) electrons. The number of nitrogens with zero attached hydrogens (tertiary/aromatic N) is 3. The molecule has 1 atom stereocenters. The van der Waals surface area contributed by atoms with Gasteiger partial charge in [0.15, 0.2) is 0 Å². The number of nitrogens with one attached hydrogen (secondary N) is 1. The van der Waals surface area contributed by atoms with Crippen LogP contribution in [-0.4, -0.2) is 30.1 Å². The Morgan fingerprint density at radius 1 is 1.21 bits per heavy atom. The zero-order valence-electron chi connectivity index (χ0n) is 13.2. The molecule has 0 aliphatic carbocycles. The molecule has 0 aromatic carbocycles. The van der Waals surface area contributed by atoms with E-state index in [1.807, 2.05) is 13.1 Å². The first-order valence-electron chi connectivity index (χ1n) is 7.33. The Morgan fingerprint density at radius 2 is 1.89 bits per heavy atom. The zero-order chi connectivity index (χ0) is 14.4. The monoisotopic (exact) mass is 264 g/mol. The van der Waals surface area contributed by atoms with E-state index in [4.69, 9.17) is 4.98 Å². The van der Waals surface area contributed by atoms with Crippen LogP contribution in [0, 0.1) is 5.92 Å². The van der Waals surface area contributed by atoms with Gasteiger partial charge < -0.3 is 10.2 Å². The maximum Gasteiger partial charge on any atom is 0.135 e. The predicted octanol–water partition coefficient (Wildman–Crippen LogP) is 3.51. The van der Waals surface area contributed by atoms with Crippen LogP contribution in [0.3, 0.4) is 0 Å². The fraction of sp³-hybridized carbons (Fsp3) is 0.733. The summed E-state index contributed by atoms with van der Waals surface area (Å²) >= 11 is 0. The predicted molar refractivity (Wildman–Crippen MR) is 83.0 cm³/mol. The van der Waals surface area contributed by atoms with Gasteiger partial charge in [-0.05, 0) is 12.8 Å². The van der Waals surface area contributed by atoms with Crippen LogP contribution >= 0.6 is 0 Å². The first kappa shape index (κ1) is 15.7. The number of rotatable bonds is 7. The highest BCUT2D eigenvalue weighted by Crippen LogP contribution is 2.21. The lowest BCUT2D eigenvalue weighted by atomic mass is 10.1. The van der Waals surface area contributed by atoms with Crippen molar-refractivity contribution in [3.8, 4) is 0 Å². The van der Waals surface area contributed by atoms with Gasteiger partial charge >= 0.3 is 0 Å². The van der Waals surface area contributed by atoms with E-state index in [1.165, 1.54) is 6.42 Å². The standard InChI is InChI=1S/C15H28N4/c1-7-12(5)10-19(8-2)14-9-13(16-6)17-15(18-14)11(3)4/h9,11-12H,7-8,10H2,1-6H3,(H,16,17,18). The summed E-state index contributed by atoms with van der Waals surface area (Å²) in [4.78, 5) is 11.6. The second-order valence-corrected chi connectivity index (χ2v) is 5.43. The molecular formula is C15H28N4. The minimum Gasteiger partial charge on any atom is -0.373 e. The molecule has 0 aliphatic heterocycles. The van der Waals surface area contributed by atoms with Crippen LogP contribution < -0.4 is 10.2 Å². The highest BCUT2D eigenvalue weighted by atomic mass is 15.2. The van der Waals surface area contributed by atoms with E-state index in [0.29, 0.717) is 11.8 Å². The fourth-order valence-corrected chi connectivity index (χ4v) is 1.89. The summed E-state index contributed by atoms with van der Waals surface area (Å²) < 4.78 is 0. The van der Waals surface area contributed by atoms with Crippen molar-refractivity contribution in [2.75, 3.05) is 30.4 Å². The molecule has 0 amide bonds. The van der Waals surface area contributed by atoms with Crippen LogP contribution in [0.5, 0.6) is 0 Å². The molecule has 0 saturated carbocycles. The van der Waals surface area contributed by atoms with E-state index >= 15 is 0 Å². The minimum atomic E-state index is 0.342. The molecule has 1 rings (SSSR count). The Balaban J connectivity index is 3.04. The second kappa shape index (κ2) is 7.31. The largest absolute Gasteiger partial charge is 0.373 e. The van der Waals surface area contributed by atoms with Crippen molar-refractivity contribution in [2.45, 2.75) is 47.0 Å². The molecule has 0 aliphatic rings. The first-order valence-corrected chi connectivity index (χ1v) is 7.33. The molecule has 4 heteroatoms. The molecule has 0 saturated heterocycles. The van der Waals surface area contributed by atoms with Crippen LogP contribution in [0.1, 0.15) is 52.8 Å². The maximum absolute atomic E-state index is 4.71. The summed E-state index contributed by atoms with van der Waals surface area (Å²) in [5, 5.41) is 3.13. The summed E-state index contributed by atoms with van der Waals surface area (Å²) in [7, 11) is 1.90. The summed E-state index contributed by atoms with van der Waals surface area (Å²) in [6.45, 7) is 13.0. The van der Waals surface area contributed by atoms with Crippen molar-refractivity contribution in [3.05, 3.63) is 11.9 Å². The second-order valence-electron chi connectivity index (χ2n) is 5.43. The van der Waals surface area contributed by atoms with E-state index in [0.717, 1.165) is 30.5 Å². The number of aromatic nitrogens is 2. The van der Waals surface area contributed by atoms with Gasteiger partial charge in [-0.1, -0.05) is 34.1 Å². The molecule has 108 valence electrons. The van der Waals surface area contributed by atoms with Gasteiger partial charge in [-0.15, -0.1) is 0 Å². The van der Waals surface area contributed by atoms with Gasteiger partial charge in [0.1, 0.15) is 17.5 Å². The van der Waals surface area contributed by atoms with Gasteiger partial charge in [0.2, 0.25) is 0 Å². The van der Waals surface area contributed by atoms with Crippen LogP contribution in [0.4, 0.5) is 11.6 Å². The third-order valence-electron chi connectivity index (χ3n) is 3.44. The highest BCUT2D eigenvalue weighted by molar-refractivity contribution is 5.49. The lowest BCUT2D eigenvalue weighted by Crippen LogP contribution is -2.29. The number of hydrogen-bond donors (Lipinski definition) is 1. The van der Waals surface area contributed by atoms with Crippen LogP contribution in [-0.2, 0) is 0 Å². The van der Waals surface area contributed by atoms with Gasteiger partial charge in [-0.3, -0.25) is 0 Å². The number of anilines is 2. The first-order chi connectivity index (χ1) is 9.01. The summed E-state index contributed by atoms with van der Waals surface area (Å²) in [5.74, 6) is 3.86. The van der Waals surface area contributed by atoms with Crippen molar-refractivity contribution in [1.82, 2.24) is 9.97 Å². The SMILES string of the molecule is CCC(C)CN(CC)c1cc(NC)nc(C(C)C)n1. The van der Waals surface area contributed by atoms with Crippen molar-refractivity contribution < 1.29 is 0 Å². The third-order valence-corrected chi connectivity index (χ3v) is 3.44. The van der Waals surface area contributed by atoms with E-state index in [1.54, 1.807) is 0 Å². The zero-order valence-corrected chi connectivity index (χ0v) is 13.2. The highest BCUT2D eigenvalue weighted by Gasteiger charge is 2.13. The Bertz CT molecular complexity index is 390. The molecule has 0 spiro atoms. The van der Waals surface area contributed by atoms with Crippen LogP contribution in [0.15, 0.2) is 6.07 Å². The van der Waals surface area contributed by atoms with Crippen molar-refractivity contribution in [2.24, 2.45) is 5.92 Å². The summed E-state index contributed by atoms with van der Waals surface area (Å²) in [6, 6.07) is 2.04. The molecule has 1 N–H and O–H groups in total. The van der Waals surface area contributed by atoms with Crippen molar-refractivity contribution >= 4 is 11.6 Å². The molecule has 1 unspecified atom stereocenters. The van der Waals surface area contributed by atoms with E-state index in [-0.39, 0.29) is 0 Å². The van der Waals surface area contributed by atoms with Gasteiger partial charge in [0, 0.05) is 32.1 Å². The molecular weight excluding hydrogens is 236 g/mol. The van der Waals surface area contributed by atoms with Crippen molar-refractivity contribution in [1.29, 1.82) is 0 Å². The van der Waals surface area contributed by atoms with Gasteiger partial charge in [-0.25, -0.2) is 9.97 Å². The molecule has 19 heavy (non-hydrogen) atoms. The van der Waals surface area contributed by atoms with E-state index in [9.17, 15) is 0 Å². The Labute approximate surface area is 117 Å². The summed E-state index contributed by atoms with van der Waals surface area (Å²) in [6.07, 6.45) is 1.19. The Kier molecular flexibility index (Phi) is 6.06. The molecule has 1 heterocycles. The average Bonchev–Trinajstić information content (AvgIpc) is 2.43. The topological polar surface area (TPSA) is 41.0 Å². The van der Waals surface area contributed by atoms with E-state index < -0.39 is 0 Å².